The zero-order chi connectivity index (χ0) is 28.3. The molecule has 1 amide bonds. The van der Waals surface area contributed by atoms with Crippen molar-refractivity contribution in [2.24, 2.45) is 0 Å². The van der Waals surface area contributed by atoms with E-state index in [1.807, 2.05) is 42.5 Å². The van der Waals surface area contributed by atoms with Crippen LogP contribution in [-0.2, 0) is 16.1 Å². The van der Waals surface area contributed by atoms with Gasteiger partial charge < -0.3 is 39.8 Å². The van der Waals surface area contributed by atoms with Crippen molar-refractivity contribution >= 4 is 28.4 Å². The first-order valence-electron chi connectivity index (χ1n) is 13.2. The molecule has 1 saturated heterocycles. The zero-order valence-electron chi connectivity index (χ0n) is 21.9. The lowest BCUT2D eigenvalue weighted by Crippen LogP contribution is -2.29. The van der Waals surface area contributed by atoms with Gasteiger partial charge in [-0.2, -0.15) is 4.98 Å². The van der Waals surface area contributed by atoms with Gasteiger partial charge in [0.1, 0.15) is 37.0 Å². The second-order valence-electron chi connectivity index (χ2n) is 9.60. The van der Waals surface area contributed by atoms with E-state index in [2.05, 4.69) is 15.6 Å². The number of amides is 1. The first kappa shape index (κ1) is 26.6. The van der Waals surface area contributed by atoms with Crippen molar-refractivity contribution in [2.75, 3.05) is 25.1 Å². The SMILES string of the molecule is O=C(NCCOc1cccc2c1Nc1nc(=O)n([C@H]3C[C@@H](O)[C@@H](CO)O3)cc1O2)OCc1cccc2ccccc12. The number of carbonyl (C=O) groups is 1. The maximum atomic E-state index is 12.7. The number of para-hydroxylation sites is 1. The van der Waals surface area contributed by atoms with Crippen LogP contribution in [0.2, 0.25) is 0 Å². The zero-order valence-corrected chi connectivity index (χ0v) is 21.9. The average Bonchev–Trinajstić information content (AvgIpc) is 3.37. The molecular weight excluding hydrogens is 532 g/mol. The number of rotatable bonds is 8. The van der Waals surface area contributed by atoms with E-state index in [1.165, 1.54) is 10.8 Å². The predicted molar refractivity (Wildman–Crippen MR) is 148 cm³/mol. The van der Waals surface area contributed by atoms with Gasteiger partial charge in [0, 0.05) is 6.42 Å². The number of hydrogen-bond acceptors (Lipinski definition) is 10. The number of aliphatic hydroxyl groups is 2. The highest BCUT2D eigenvalue weighted by Gasteiger charge is 2.36. The molecule has 12 nitrogen and oxygen atoms in total. The second kappa shape index (κ2) is 11.5. The van der Waals surface area contributed by atoms with Crippen molar-refractivity contribution in [2.45, 2.75) is 31.5 Å². The minimum atomic E-state index is -0.895. The van der Waals surface area contributed by atoms with E-state index in [-0.39, 0.29) is 44.4 Å². The summed E-state index contributed by atoms with van der Waals surface area (Å²) in [4.78, 5) is 29.0. The molecule has 4 N–H and O–H groups in total. The molecule has 2 aliphatic rings. The highest BCUT2D eigenvalue weighted by Crippen LogP contribution is 2.45. The van der Waals surface area contributed by atoms with Gasteiger partial charge in [0.25, 0.3) is 0 Å². The van der Waals surface area contributed by atoms with E-state index in [0.717, 1.165) is 16.3 Å². The fourth-order valence-electron chi connectivity index (χ4n) is 4.88. The monoisotopic (exact) mass is 560 g/mol. The third-order valence-corrected chi connectivity index (χ3v) is 6.93. The van der Waals surface area contributed by atoms with E-state index >= 15 is 0 Å². The summed E-state index contributed by atoms with van der Waals surface area (Å²) >= 11 is 0. The summed E-state index contributed by atoms with van der Waals surface area (Å²) < 4.78 is 24.0. The summed E-state index contributed by atoms with van der Waals surface area (Å²) in [6, 6.07) is 19.0. The third kappa shape index (κ3) is 5.53. The highest BCUT2D eigenvalue weighted by molar-refractivity contribution is 5.85. The molecule has 0 saturated carbocycles. The van der Waals surface area contributed by atoms with Gasteiger partial charge in [-0.1, -0.05) is 48.5 Å². The van der Waals surface area contributed by atoms with Crippen LogP contribution in [0.5, 0.6) is 17.2 Å². The van der Waals surface area contributed by atoms with Crippen LogP contribution in [0.25, 0.3) is 10.8 Å². The lowest BCUT2D eigenvalue weighted by Gasteiger charge is -2.24. The largest absolute Gasteiger partial charge is 0.489 e. The molecule has 2 aliphatic heterocycles. The first-order valence-corrected chi connectivity index (χ1v) is 13.2. The number of alkyl carbamates (subject to hydrolysis) is 1. The number of anilines is 2. The lowest BCUT2D eigenvalue weighted by molar-refractivity contribution is -0.0459. The standard InChI is InChI=1S/C29H28N4O8/c34-15-24-20(35)13-25(41-24)33-14-23-27(32-28(33)36)31-26-21(9-4-10-22(26)40-23)38-12-11-30-29(37)39-16-18-7-3-6-17-5-1-2-8-19(17)18/h1-10,14,20,24-25,34-35H,11-13,15-16H2,(H,30,37)(H,31,32,36)/t20-,24-,25-/m1/s1. The number of aliphatic hydroxyl groups excluding tert-OH is 2. The molecule has 3 aromatic carbocycles. The summed E-state index contributed by atoms with van der Waals surface area (Å²) in [5, 5.41) is 27.2. The van der Waals surface area contributed by atoms with E-state index in [0.29, 0.717) is 17.2 Å². The lowest BCUT2D eigenvalue weighted by atomic mass is 10.1. The first-order chi connectivity index (χ1) is 20.0. The molecule has 3 atom stereocenters. The maximum absolute atomic E-state index is 12.7. The van der Waals surface area contributed by atoms with Gasteiger partial charge in [0.05, 0.1) is 25.5 Å². The molecule has 1 fully saturated rings. The number of aromatic nitrogens is 2. The number of benzene rings is 3. The van der Waals surface area contributed by atoms with Gasteiger partial charge in [-0.25, -0.2) is 9.59 Å². The molecule has 212 valence electrons. The molecule has 6 rings (SSSR count). The van der Waals surface area contributed by atoms with E-state index < -0.39 is 30.2 Å². The quantitative estimate of drug-likeness (QED) is 0.208. The second-order valence-corrected chi connectivity index (χ2v) is 9.60. The van der Waals surface area contributed by atoms with Crippen LogP contribution in [0, 0.1) is 0 Å². The fraction of sp³-hybridized carbons (Fsp3) is 0.276. The minimum Gasteiger partial charge on any atom is -0.489 e. The number of hydrogen-bond donors (Lipinski definition) is 4. The van der Waals surface area contributed by atoms with Crippen LogP contribution in [0.3, 0.4) is 0 Å². The maximum Gasteiger partial charge on any atom is 0.407 e. The van der Waals surface area contributed by atoms with Crippen LogP contribution in [0.15, 0.2) is 71.7 Å². The van der Waals surface area contributed by atoms with Crippen molar-refractivity contribution in [3.05, 3.63) is 82.9 Å². The van der Waals surface area contributed by atoms with Gasteiger partial charge in [0.2, 0.25) is 0 Å². The van der Waals surface area contributed by atoms with Gasteiger partial charge >= 0.3 is 11.8 Å². The van der Waals surface area contributed by atoms with Crippen molar-refractivity contribution in [1.82, 2.24) is 14.9 Å². The molecule has 0 bridgehead atoms. The smallest absolute Gasteiger partial charge is 0.407 e. The van der Waals surface area contributed by atoms with Crippen LogP contribution in [-0.4, -0.2) is 57.8 Å². The molecule has 0 aliphatic carbocycles. The molecule has 12 heteroatoms. The van der Waals surface area contributed by atoms with Crippen molar-refractivity contribution in [1.29, 1.82) is 0 Å². The van der Waals surface area contributed by atoms with Crippen LogP contribution >= 0.6 is 0 Å². The van der Waals surface area contributed by atoms with Gasteiger partial charge in [-0.3, -0.25) is 4.57 Å². The normalized spacial score (nSPS) is 19.0. The van der Waals surface area contributed by atoms with Crippen LogP contribution in [0.1, 0.15) is 18.2 Å². The van der Waals surface area contributed by atoms with Crippen molar-refractivity contribution in [3.8, 4) is 17.2 Å². The van der Waals surface area contributed by atoms with E-state index in [9.17, 15) is 19.8 Å². The Morgan fingerprint density at radius 3 is 2.80 bits per heavy atom. The Morgan fingerprint density at radius 2 is 1.95 bits per heavy atom. The predicted octanol–water partition coefficient (Wildman–Crippen LogP) is 3.19. The van der Waals surface area contributed by atoms with Gasteiger partial charge in [0.15, 0.2) is 17.3 Å². The summed E-state index contributed by atoms with van der Waals surface area (Å²) in [7, 11) is 0. The van der Waals surface area contributed by atoms with E-state index in [1.54, 1.807) is 18.2 Å². The van der Waals surface area contributed by atoms with Crippen LogP contribution < -0.4 is 25.8 Å². The molecule has 3 heterocycles. The highest BCUT2D eigenvalue weighted by atomic mass is 16.6. The molecular formula is C29H28N4O8. The summed E-state index contributed by atoms with van der Waals surface area (Å²) in [6.45, 7) is 0.128. The Kier molecular flexibility index (Phi) is 7.42. The Hall–Kier alpha value is -4.65. The molecule has 0 unspecified atom stereocenters. The summed E-state index contributed by atoms with van der Waals surface area (Å²) in [6.07, 6.45) is -1.41. The third-order valence-electron chi connectivity index (χ3n) is 6.93. The summed E-state index contributed by atoms with van der Waals surface area (Å²) in [5.74, 6) is 1.38. The number of nitrogens with one attached hydrogen (secondary N) is 2. The van der Waals surface area contributed by atoms with E-state index in [4.69, 9.17) is 18.9 Å². The van der Waals surface area contributed by atoms with Crippen molar-refractivity contribution in [3.63, 3.8) is 0 Å². The number of nitrogens with zero attached hydrogens (tertiary/aromatic N) is 2. The minimum absolute atomic E-state index is 0.137. The van der Waals surface area contributed by atoms with Crippen LogP contribution in [0.4, 0.5) is 16.3 Å². The number of ether oxygens (including phenoxy) is 4. The molecule has 1 aromatic heterocycles. The molecule has 0 radical (unpaired) electrons. The fourth-order valence-corrected chi connectivity index (χ4v) is 4.88. The Labute approximate surface area is 234 Å². The Balaban J connectivity index is 1.04. The molecule has 0 spiro atoms. The van der Waals surface area contributed by atoms with Crippen molar-refractivity contribution < 1.29 is 34.0 Å². The Bertz CT molecular complexity index is 1640. The topological polar surface area (TPSA) is 153 Å². The van der Waals surface area contributed by atoms with Gasteiger partial charge in [-0.15, -0.1) is 0 Å². The number of carbonyl (C=O) groups excluding carboxylic acids is 1. The van der Waals surface area contributed by atoms with Gasteiger partial charge in [-0.05, 0) is 28.5 Å². The summed E-state index contributed by atoms with van der Waals surface area (Å²) in [5.41, 5.74) is 0.791. The Morgan fingerprint density at radius 1 is 1.12 bits per heavy atom. The molecule has 41 heavy (non-hydrogen) atoms. The molecule has 4 aromatic rings. The average molecular weight is 561 g/mol. The number of fused-ring (bicyclic) bond motifs is 3.